The fourth-order valence-corrected chi connectivity index (χ4v) is 8.38. The molecule has 0 heterocycles. The molecule has 0 aromatic rings. The number of ether oxygens (including phenoxy) is 3. The molecule has 454 valence electrons. The van der Waals surface area contributed by atoms with E-state index < -0.39 is 12.1 Å². The molecule has 0 amide bonds. The molecule has 6 heteroatoms. The average Bonchev–Trinajstić information content (AvgIpc) is 3.47. The van der Waals surface area contributed by atoms with Gasteiger partial charge in [0.2, 0.25) is 0 Å². The van der Waals surface area contributed by atoms with Crippen LogP contribution in [-0.4, -0.2) is 37.2 Å². The van der Waals surface area contributed by atoms with Crippen molar-refractivity contribution >= 4 is 17.9 Å². The van der Waals surface area contributed by atoms with E-state index in [1.165, 1.54) is 70.6 Å². The van der Waals surface area contributed by atoms with Gasteiger partial charge in [-0.05, 0) is 141 Å². The largest absolute Gasteiger partial charge is 0.462 e. The lowest BCUT2D eigenvalue weighted by Crippen LogP contribution is -2.30. The maximum atomic E-state index is 12.9. The number of unbranched alkanes of at least 4 members (excludes halogenated alkanes) is 18. The molecule has 81 heavy (non-hydrogen) atoms. The van der Waals surface area contributed by atoms with Gasteiger partial charge in [-0.2, -0.15) is 0 Å². The van der Waals surface area contributed by atoms with E-state index in [9.17, 15) is 14.4 Å². The Balaban J connectivity index is 4.45. The van der Waals surface area contributed by atoms with Crippen LogP contribution >= 0.6 is 0 Å². The minimum Gasteiger partial charge on any atom is -0.462 e. The van der Waals surface area contributed by atoms with Crippen LogP contribution in [0.15, 0.2) is 170 Å². The monoisotopic (exact) mass is 1110 g/mol. The van der Waals surface area contributed by atoms with Gasteiger partial charge in [0.15, 0.2) is 6.10 Å². The number of carbonyl (C=O) groups excluding carboxylic acids is 3. The summed E-state index contributed by atoms with van der Waals surface area (Å²) in [5.74, 6) is -1.03. The van der Waals surface area contributed by atoms with E-state index in [1.54, 1.807) is 0 Å². The summed E-state index contributed by atoms with van der Waals surface area (Å²) in [5.41, 5.74) is 0. The lowest BCUT2D eigenvalue weighted by atomic mass is 10.1. The Labute approximate surface area is 498 Å². The van der Waals surface area contributed by atoms with Crippen LogP contribution in [0.25, 0.3) is 0 Å². The molecule has 0 fully saturated rings. The Morgan fingerprint density at radius 3 is 0.802 bits per heavy atom. The summed E-state index contributed by atoms with van der Waals surface area (Å²) in [6.07, 6.45) is 99.4. The predicted octanol–water partition coefficient (Wildman–Crippen LogP) is 22.7. The van der Waals surface area contributed by atoms with Gasteiger partial charge in [-0.15, -0.1) is 0 Å². The zero-order valence-corrected chi connectivity index (χ0v) is 52.0. The SMILES string of the molecule is CC/C=C\C/C=C\C/C=C\C/C=C\C/C=C\C/C=C\CCCCCCCCCCCCC(=O)OCC(COC(=O)CCCCCCC/C=C\C/C=C\CCCCC)OC(=O)CC/C=C\C/C=C\C/C=C\C/C=C\C/C=C\C/C=C\CC. The third-order valence-corrected chi connectivity index (χ3v) is 13.2. The molecule has 1 atom stereocenters. The Morgan fingerprint density at radius 2 is 0.506 bits per heavy atom. The number of hydrogen-bond donors (Lipinski definition) is 0. The molecule has 0 saturated carbocycles. The summed E-state index contributed by atoms with van der Waals surface area (Å²) < 4.78 is 16.8. The minimum absolute atomic E-state index is 0.122. The van der Waals surface area contributed by atoms with E-state index in [4.69, 9.17) is 14.2 Å². The smallest absolute Gasteiger partial charge is 0.306 e. The second-order valence-electron chi connectivity index (χ2n) is 20.9. The molecule has 0 bridgehead atoms. The fraction of sp³-hybridized carbons (Fsp3) is 0.587. The van der Waals surface area contributed by atoms with Gasteiger partial charge in [-0.3, -0.25) is 14.4 Å². The van der Waals surface area contributed by atoms with Crippen LogP contribution in [-0.2, 0) is 28.6 Å². The lowest BCUT2D eigenvalue weighted by Gasteiger charge is -2.18. The molecular formula is C75H118O6. The topological polar surface area (TPSA) is 78.9 Å². The third kappa shape index (κ3) is 65.5. The van der Waals surface area contributed by atoms with Crippen molar-refractivity contribution in [2.75, 3.05) is 13.2 Å². The minimum atomic E-state index is -0.836. The lowest BCUT2D eigenvalue weighted by molar-refractivity contribution is -0.166. The number of rotatable bonds is 57. The first-order valence-electron chi connectivity index (χ1n) is 32.6. The van der Waals surface area contributed by atoms with Crippen LogP contribution in [0.4, 0.5) is 0 Å². The van der Waals surface area contributed by atoms with Gasteiger partial charge in [0.05, 0.1) is 0 Å². The van der Waals surface area contributed by atoms with Crippen molar-refractivity contribution in [2.24, 2.45) is 0 Å². The highest BCUT2D eigenvalue weighted by Gasteiger charge is 2.19. The zero-order chi connectivity index (χ0) is 58.5. The highest BCUT2D eigenvalue weighted by Crippen LogP contribution is 2.14. The molecule has 0 saturated heterocycles. The van der Waals surface area contributed by atoms with Crippen LogP contribution in [0.2, 0.25) is 0 Å². The van der Waals surface area contributed by atoms with E-state index in [1.807, 2.05) is 12.2 Å². The van der Waals surface area contributed by atoms with E-state index >= 15 is 0 Å². The molecule has 0 spiro atoms. The molecular weight excluding hydrogens is 997 g/mol. The highest BCUT2D eigenvalue weighted by atomic mass is 16.6. The molecule has 1 unspecified atom stereocenters. The van der Waals surface area contributed by atoms with Crippen molar-refractivity contribution < 1.29 is 28.6 Å². The summed E-state index contributed by atoms with van der Waals surface area (Å²) >= 11 is 0. The van der Waals surface area contributed by atoms with Crippen molar-refractivity contribution in [3.8, 4) is 0 Å². The summed E-state index contributed by atoms with van der Waals surface area (Å²) in [4.78, 5) is 38.3. The molecule has 0 rings (SSSR count). The maximum Gasteiger partial charge on any atom is 0.306 e. The second-order valence-corrected chi connectivity index (χ2v) is 20.9. The number of hydrogen-bond acceptors (Lipinski definition) is 6. The quantitative estimate of drug-likeness (QED) is 0.0261. The first-order chi connectivity index (χ1) is 40.0. The molecule has 0 aliphatic rings. The first-order valence-corrected chi connectivity index (χ1v) is 32.6. The van der Waals surface area contributed by atoms with Gasteiger partial charge in [-0.25, -0.2) is 0 Å². The van der Waals surface area contributed by atoms with Gasteiger partial charge in [0.25, 0.3) is 0 Å². The molecule has 0 aliphatic heterocycles. The van der Waals surface area contributed by atoms with Crippen LogP contribution in [0.1, 0.15) is 265 Å². The summed E-state index contributed by atoms with van der Waals surface area (Å²) in [6, 6.07) is 0. The van der Waals surface area contributed by atoms with Gasteiger partial charge in [-0.1, -0.05) is 274 Å². The van der Waals surface area contributed by atoms with Crippen LogP contribution in [0.3, 0.4) is 0 Å². The van der Waals surface area contributed by atoms with Crippen molar-refractivity contribution in [2.45, 2.75) is 271 Å². The predicted molar refractivity (Wildman–Crippen MR) is 352 cm³/mol. The van der Waals surface area contributed by atoms with E-state index in [0.29, 0.717) is 19.3 Å². The van der Waals surface area contributed by atoms with Gasteiger partial charge < -0.3 is 14.2 Å². The zero-order valence-electron chi connectivity index (χ0n) is 52.0. The Hall–Kier alpha value is -5.23. The number of esters is 3. The Morgan fingerprint density at radius 1 is 0.259 bits per heavy atom. The summed E-state index contributed by atoms with van der Waals surface area (Å²) in [7, 11) is 0. The summed E-state index contributed by atoms with van der Waals surface area (Å²) in [5, 5.41) is 0. The molecule has 0 aromatic heterocycles. The van der Waals surface area contributed by atoms with Crippen LogP contribution in [0.5, 0.6) is 0 Å². The molecule has 0 aliphatic carbocycles. The standard InChI is InChI=1S/C75H118O6/c1-4-7-10-13-16-19-22-25-28-30-32-33-34-35-36-37-38-39-40-41-43-44-47-50-53-56-59-62-65-68-74(77)80-71-72(70-79-73(76)67-64-61-58-55-52-49-46-27-24-21-18-15-12-9-6-3)81-75(78)69-66-63-60-57-54-51-48-45-42-31-29-26-23-20-17-14-11-8-5-2/h7-8,10-11,16-21,25-29,32-33,35-36,38-39,42,45-46,51,54,60,63,72H,4-6,9,12-15,22-24,30-31,34,37,40-41,43-44,47-50,52-53,55-59,61-62,64-71H2,1-3H3/b10-7-,11-8-,19-16-,20-17-,21-18-,28-25-,29-26-,33-32-,36-35-,39-38-,45-42-,46-27-,54-51-,63-60-. The Bertz CT molecular complexity index is 1860. The normalized spacial score (nSPS) is 13.3. The Kier molecular flexibility index (Phi) is 62.9. The third-order valence-electron chi connectivity index (χ3n) is 13.2. The molecule has 0 N–H and O–H groups in total. The van der Waals surface area contributed by atoms with Crippen molar-refractivity contribution in [1.82, 2.24) is 0 Å². The summed E-state index contributed by atoms with van der Waals surface area (Å²) in [6.45, 7) is 6.30. The van der Waals surface area contributed by atoms with E-state index in [0.717, 1.165) is 148 Å². The van der Waals surface area contributed by atoms with Gasteiger partial charge in [0, 0.05) is 19.3 Å². The van der Waals surface area contributed by atoms with E-state index in [2.05, 4.69) is 179 Å². The van der Waals surface area contributed by atoms with Crippen molar-refractivity contribution in [3.63, 3.8) is 0 Å². The molecule has 6 nitrogen and oxygen atoms in total. The van der Waals surface area contributed by atoms with Crippen LogP contribution < -0.4 is 0 Å². The maximum absolute atomic E-state index is 12.9. The van der Waals surface area contributed by atoms with Crippen molar-refractivity contribution in [3.05, 3.63) is 170 Å². The van der Waals surface area contributed by atoms with Gasteiger partial charge >= 0.3 is 17.9 Å². The molecule has 0 aromatic carbocycles. The van der Waals surface area contributed by atoms with Crippen molar-refractivity contribution in [1.29, 1.82) is 0 Å². The second kappa shape index (κ2) is 67.3. The van der Waals surface area contributed by atoms with Gasteiger partial charge in [0.1, 0.15) is 13.2 Å². The number of carbonyl (C=O) groups is 3. The fourth-order valence-electron chi connectivity index (χ4n) is 8.38. The number of allylic oxidation sites excluding steroid dienone is 28. The molecule has 0 radical (unpaired) electrons. The van der Waals surface area contributed by atoms with Crippen LogP contribution in [0, 0.1) is 0 Å². The van der Waals surface area contributed by atoms with E-state index in [-0.39, 0.29) is 31.6 Å². The highest BCUT2D eigenvalue weighted by molar-refractivity contribution is 5.71. The first kappa shape index (κ1) is 75.8. The average molecular weight is 1120 g/mol.